The van der Waals surface area contributed by atoms with Crippen LogP contribution in [0.1, 0.15) is 31.0 Å². The Morgan fingerprint density at radius 2 is 1.58 bits per heavy atom. The molecule has 0 saturated carbocycles. The summed E-state index contributed by atoms with van der Waals surface area (Å²) < 4.78 is 11.1. The van der Waals surface area contributed by atoms with Crippen molar-refractivity contribution in [1.82, 2.24) is 20.4 Å². The molecule has 0 radical (unpaired) electrons. The number of hydrogen-bond acceptors (Lipinski definition) is 5. The zero-order valence-corrected chi connectivity index (χ0v) is 19.8. The van der Waals surface area contributed by atoms with E-state index in [1.54, 1.807) is 0 Å². The van der Waals surface area contributed by atoms with Crippen LogP contribution < -0.4 is 10.6 Å². The van der Waals surface area contributed by atoms with Crippen molar-refractivity contribution in [1.29, 1.82) is 0 Å². The number of rotatable bonds is 8. The van der Waals surface area contributed by atoms with Crippen molar-refractivity contribution in [3.8, 4) is 0 Å². The summed E-state index contributed by atoms with van der Waals surface area (Å²) in [5.74, 6) is 1.43. The van der Waals surface area contributed by atoms with Crippen LogP contribution in [0.3, 0.4) is 0 Å². The Morgan fingerprint density at radius 1 is 0.968 bits per heavy atom. The summed E-state index contributed by atoms with van der Waals surface area (Å²) in [6.07, 6.45) is 0. The standard InChI is InChI=1S/C24H41N5O2/c1-19(2)22(28-8-12-30-13-9-28)17-26-24(25-4)27-18-23(29-10-14-31-15-11-29)21-7-5-6-20(3)16-21/h5-7,16,19,22-23H,8-15,17-18H2,1-4H3,(H2,25,26,27). The molecule has 0 bridgehead atoms. The normalized spacial score (nSPS) is 21.1. The van der Waals surface area contributed by atoms with Crippen molar-refractivity contribution in [3.63, 3.8) is 0 Å². The Kier molecular flexibility index (Phi) is 9.58. The third-order valence-corrected chi connectivity index (χ3v) is 6.36. The molecule has 2 saturated heterocycles. The SMILES string of the molecule is CN=C(NCC(c1cccc(C)c1)N1CCOCC1)NCC(C(C)C)N1CCOCC1. The van der Waals surface area contributed by atoms with Crippen molar-refractivity contribution >= 4 is 5.96 Å². The van der Waals surface area contributed by atoms with Crippen LogP contribution in [0.2, 0.25) is 0 Å². The van der Waals surface area contributed by atoms with Crippen LogP contribution in [0.5, 0.6) is 0 Å². The molecule has 31 heavy (non-hydrogen) atoms. The molecule has 2 aliphatic heterocycles. The highest BCUT2D eigenvalue weighted by molar-refractivity contribution is 5.79. The largest absolute Gasteiger partial charge is 0.379 e. The molecule has 2 atom stereocenters. The Balaban J connectivity index is 1.60. The van der Waals surface area contributed by atoms with Gasteiger partial charge >= 0.3 is 0 Å². The molecule has 3 rings (SSSR count). The molecule has 0 aliphatic carbocycles. The van der Waals surface area contributed by atoms with E-state index in [9.17, 15) is 0 Å². The fourth-order valence-electron chi connectivity index (χ4n) is 4.54. The number of guanidine groups is 1. The summed E-state index contributed by atoms with van der Waals surface area (Å²) in [5.41, 5.74) is 2.64. The van der Waals surface area contributed by atoms with Gasteiger partial charge in [-0.25, -0.2) is 0 Å². The fraction of sp³-hybridized carbons (Fsp3) is 0.708. The van der Waals surface area contributed by atoms with Crippen LogP contribution in [0.15, 0.2) is 29.3 Å². The summed E-state index contributed by atoms with van der Waals surface area (Å²) in [7, 11) is 1.85. The third-order valence-electron chi connectivity index (χ3n) is 6.36. The Hall–Kier alpha value is -1.67. The first-order chi connectivity index (χ1) is 15.1. The monoisotopic (exact) mass is 431 g/mol. The number of benzene rings is 1. The molecule has 2 fully saturated rings. The number of nitrogens with one attached hydrogen (secondary N) is 2. The molecule has 1 aromatic carbocycles. The molecule has 2 unspecified atom stereocenters. The molecule has 2 N–H and O–H groups in total. The van der Waals surface area contributed by atoms with Gasteiger partial charge in [-0.2, -0.15) is 0 Å². The summed E-state index contributed by atoms with van der Waals surface area (Å²) in [4.78, 5) is 9.56. The summed E-state index contributed by atoms with van der Waals surface area (Å²) in [6.45, 7) is 15.6. The lowest BCUT2D eigenvalue weighted by atomic mass is 10.0. The van der Waals surface area contributed by atoms with Gasteiger partial charge in [0, 0.05) is 52.4 Å². The number of aliphatic imine (C=N–C) groups is 1. The van der Waals surface area contributed by atoms with Crippen molar-refractivity contribution < 1.29 is 9.47 Å². The van der Waals surface area contributed by atoms with E-state index in [2.05, 4.69) is 70.5 Å². The molecule has 2 heterocycles. The van der Waals surface area contributed by atoms with Crippen molar-refractivity contribution in [2.45, 2.75) is 32.9 Å². The first kappa shape index (κ1) is 24.0. The fourth-order valence-corrected chi connectivity index (χ4v) is 4.54. The topological polar surface area (TPSA) is 61.4 Å². The average molecular weight is 432 g/mol. The summed E-state index contributed by atoms with van der Waals surface area (Å²) in [6, 6.07) is 9.60. The van der Waals surface area contributed by atoms with Gasteiger partial charge in [0.25, 0.3) is 0 Å². The highest BCUT2D eigenvalue weighted by Crippen LogP contribution is 2.22. The van der Waals surface area contributed by atoms with Crippen LogP contribution in [0, 0.1) is 12.8 Å². The quantitative estimate of drug-likeness (QED) is 0.484. The van der Waals surface area contributed by atoms with E-state index in [0.29, 0.717) is 18.0 Å². The first-order valence-corrected chi connectivity index (χ1v) is 11.7. The Labute approximate surface area is 188 Å². The predicted octanol–water partition coefficient (Wildman–Crippen LogP) is 1.89. The van der Waals surface area contributed by atoms with E-state index in [1.807, 2.05) is 7.05 Å². The lowest BCUT2D eigenvalue weighted by Gasteiger charge is -2.37. The Bertz CT molecular complexity index is 684. The average Bonchev–Trinajstić information content (AvgIpc) is 2.79. The van der Waals surface area contributed by atoms with Gasteiger partial charge in [-0.3, -0.25) is 14.8 Å². The Morgan fingerprint density at radius 3 is 2.16 bits per heavy atom. The molecule has 0 spiro atoms. The third kappa shape index (κ3) is 7.17. The molecular weight excluding hydrogens is 390 g/mol. The van der Waals surface area contributed by atoms with Crippen LogP contribution in [-0.4, -0.2) is 94.5 Å². The lowest BCUT2D eigenvalue weighted by Crippen LogP contribution is -2.53. The van der Waals surface area contributed by atoms with E-state index in [1.165, 1.54) is 11.1 Å². The van der Waals surface area contributed by atoms with E-state index in [4.69, 9.17) is 9.47 Å². The molecule has 0 aromatic heterocycles. The maximum absolute atomic E-state index is 5.59. The molecule has 174 valence electrons. The zero-order chi connectivity index (χ0) is 22.1. The van der Waals surface area contributed by atoms with Gasteiger partial charge in [-0.1, -0.05) is 43.7 Å². The minimum absolute atomic E-state index is 0.294. The molecule has 1 aromatic rings. The predicted molar refractivity (Wildman–Crippen MR) is 127 cm³/mol. The van der Waals surface area contributed by atoms with E-state index >= 15 is 0 Å². The number of hydrogen-bond donors (Lipinski definition) is 2. The maximum atomic E-state index is 5.59. The second kappa shape index (κ2) is 12.4. The maximum Gasteiger partial charge on any atom is 0.191 e. The second-order valence-corrected chi connectivity index (χ2v) is 8.87. The second-order valence-electron chi connectivity index (χ2n) is 8.87. The smallest absolute Gasteiger partial charge is 0.191 e. The summed E-state index contributed by atoms with van der Waals surface area (Å²) >= 11 is 0. The zero-order valence-electron chi connectivity index (χ0n) is 19.8. The van der Waals surface area contributed by atoms with Crippen molar-refractivity contribution in [2.75, 3.05) is 72.7 Å². The van der Waals surface area contributed by atoms with E-state index in [-0.39, 0.29) is 0 Å². The van der Waals surface area contributed by atoms with Gasteiger partial charge in [-0.05, 0) is 18.4 Å². The van der Waals surface area contributed by atoms with Crippen molar-refractivity contribution in [2.24, 2.45) is 10.9 Å². The number of aryl methyl sites for hydroxylation is 1. The molecular formula is C24H41N5O2. The minimum atomic E-state index is 0.294. The highest BCUT2D eigenvalue weighted by Gasteiger charge is 2.25. The van der Waals surface area contributed by atoms with Crippen LogP contribution in [0.4, 0.5) is 0 Å². The van der Waals surface area contributed by atoms with E-state index < -0.39 is 0 Å². The van der Waals surface area contributed by atoms with Crippen LogP contribution in [-0.2, 0) is 9.47 Å². The number of nitrogens with zero attached hydrogens (tertiary/aromatic N) is 3. The lowest BCUT2D eigenvalue weighted by molar-refractivity contribution is 0.00747. The first-order valence-electron chi connectivity index (χ1n) is 11.7. The number of morpholine rings is 2. The van der Waals surface area contributed by atoms with Gasteiger partial charge in [0.1, 0.15) is 0 Å². The van der Waals surface area contributed by atoms with Gasteiger partial charge in [-0.15, -0.1) is 0 Å². The number of ether oxygens (including phenoxy) is 2. The van der Waals surface area contributed by atoms with Crippen LogP contribution >= 0.6 is 0 Å². The minimum Gasteiger partial charge on any atom is -0.379 e. The van der Waals surface area contributed by atoms with Gasteiger partial charge in [0.05, 0.1) is 32.5 Å². The van der Waals surface area contributed by atoms with Gasteiger partial charge in [0.15, 0.2) is 5.96 Å². The molecule has 7 heteroatoms. The highest BCUT2D eigenvalue weighted by atomic mass is 16.5. The van der Waals surface area contributed by atoms with Gasteiger partial charge < -0.3 is 20.1 Å². The molecule has 0 amide bonds. The summed E-state index contributed by atoms with van der Waals surface area (Å²) in [5, 5.41) is 7.18. The van der Waals surface area contributed by atoms with Crippen LogP contribution in [0.25, 0.3) is 0 Å². The van der Waals surface area contributed by atoms with E-state index in [0.717, 1.165) is 71.7 Å². The molecule has 2 aliphatic rings. The molecule has 7 nitrogen and oxygen atoms in total. The van der Waals surface area contributed by atoms with Crippen molar-refractivity contribution in [3.05, 3.63) is 35.4 Å². The van der Waals surface area contributed by atoms with Gasteiger partial charge in [0.2, 0.25) is 0 Å².